The van der Waals surface area contributed by atoms with Gasteiger partial charge in [-0.05, 0) is 11.6 Å². The highest BCUT2D eigenvalue weighted by molar-refractivity contribution is 5.57. The number of nitro groups is 1. The molecule has 0 aromatic heterocycles. The van der Waals surface area contributed by atoms with Crippen LogP contribution in [0.15, 0.2) is 30.3 Å². The number of rotatable bonds is 1. The fourth-order valence-corrected chi connectivity index (χ4v) is 1.64. The summed E-state index contributed by atoms with van der Waals surface area (Å²) in [5.41, 5.74) is -0.879. The summed E-state index contributed by atoms with van der Waals surface area (Å²) in [5, 5.41) is 20.6. The lowest BCUT2D eigenvalue weighted by Crippen LogP contribution is -2.36. The fourth-order valence-electron chi connectivity index (χ4n) is 1.64. The lowest BCUT2D eigenvalue weighted by molar-refractivity contribution is -0.635. The standard InChI is InChI=1S/C10H9NO3/c12-10(11(13)14)7-3-5-8-4-1-2-6-9(8)10/h1-6,12H,7H2. The van der Waals surface area contributed by atoms with E-state index in [1.807, 2.05) is 0 Å². The smallest absolute Gasteiger partial charge is 0.326 e. The SMILES string of the molecule is O=[N+]([O-])C1(O)CC=Cc2ccccc21. The van der Waals surface area contributed by atoms with Crippen LogP contribution in [0.4, 0.5) is 0 Å². The minimum absolute atomic E-state index is 0.0248. The molecule has 0 aliphatic heterocycles. The van der Waals surface area contributed by atoms with Crippen molar-refractivity contribution >= 4 is 6.08 Å². The highest BCUT2D eigenvalue weighted by Gasteiger charge is 2.44. The zero-order valence-electron chi connectivity index (χ0n) is 7.38. The second kappa shape index (κ2) is 2.92. The van der Waals surface area contributed by atoms with Gasteiger partial charge in [-0.25, -0.2) is 0 Å². The molecule has 4 heteroatoms. The number of fused-ring (bicyclic) bond motifs is 1. The molecule has 1 aromatic rings. The van der Waals surface area contributed by atoms with Gasteiger partial charge in [0.05, 0.1) is 16.9 Å². The second-order valence-corrected chi connectivity index (χ2v) is 3.27. The zero-order valence-corrected chi connectivity index (χ0v) is 7.38. The van der Waals surface area contributed by atoms with Crippen molar-refractivity contribution in [3.63, 3.8) is 0 Å². The molecule has 14 heavy (non-hydrogen) atoms. The molecule has 0 heterocycles. The Kier molecular flexibility index (Phi) is 1.86. The van der Waals surface area contributed by atoms with Crippen LogP contribution in [0.5, 0.6) is 0 Å². The van der Waals surface area contributed by atoms with Crippen LogP contribution in [-0.4, -0.2) is 10.0 Å². The summed E-state index contributed by atoms with van der Waals surface area (Å²) in [5.74, 6) is 0. The molecule has 2 rings (SSSR count). The first-order chi connectivity index (χ1) is 6.64. The van der Waals surface area contributed by atoms with Crippen molar-refractivity contribution in [2.75, 3.05) is 0 Å². The van der Waals surface area contributed by atoms with E-state index in [9.17, 15) is 15.2 Å². The summed E-state index contributed by atoms with van der Waals surface area (Å²) in [7, 11) is 0. The number of aliphatic hydroxyl groups is 1. The maximum absolute atomic E-state index is 10.8. The maximum atomic E-state index is 10.8. The van der Waals surface area contributed by atoms with Gasteiger partial charge in [0.1, 0.15) is 0 Å². The summed E-state index contributed by atoms with van der Waals surface area (Å²) >= 11 is 0. The third kappa shape index (κ3) is 1.12. The topological polar surface area (TPSA) is 63.4 Å². The van der Waals surface area contributed by atoms with Crippen LogP contribution in [0, 0.1) is 10.1 Å². The lowest BCUT2D eigenvalue weighted by atomic mass is 9.90. The average molecular weight is 191 g/mol. The molecule has 4 nitrogen and oxygen atoms in total. The molecule has 0 bridgehead atoms. The molecule has 1 N–H and O–H groups in total. The molecule has 0 fully saturated rings. The Morgan fingerprint density at radius 2 is 2.14 bits per heavy atom. The Labute approximate surface area is 80.6 Å². The van der Waals surface area contributed by atoms with Gasteiger partial charge >= 0.3 is 5.72 Å². The number of benzene rings is 1. The predicted octanol–water partition coefficient (Wildman–Crippen LogP) is 1.53. The largest absolute Gasteiger partial charge is 0.353 e. The summed E-state index contributed by atoms with van der Waals surface area (Å²) in [6, 6.07) is 6.81. The van der Waals surface area contributed by atoms with Crippen LogP contribution in [0.25, 0.3) is 6.08 Å². The van der Waals surface area contributed by atoms with Gasteiger partial charge in [-0.15, -0.1) is 0 Å². The summed E-state index contributed by atoms with van der Waals surface area (Å²) in [6.45, 7) is 0. The van der Waals surface area contributed by atoms with Crippen LogP contribution in [0.2, 0.25) is 0 Å². The van der Waals surface area contributed by atoms with Gasteiger partial charge in [0.2, 0.25) is 0 Å². The van der Waals surface area contributed by atoms with Crippen LogP contribution in [-0.2, 0) is 5.72 Å². The predicted molar refractivity (Wildman–Crippen MR) is 51.0 cm³/mol. The fraction of sp³-hybridized carbons (Fsp3) is 0.200. The van der Waals surface area contributed by atoms with Crippen molar-refractivity contribution in [3.05, 3.63) is 51.6 Å². The van der Waals surface area contributed by atoms with E-state index < -0.39 is 10.6 Å². The molecule has 0 saturated carbocycles. The van der Waals surface area contributed by atoms with Gasteiger partial charge in [0.15, 0.2) is 0 Å². The van der Waals surface area contributed by atoms with Gasteiger partial charge in [-0.3, -0.25) is 10.1 Å². The molecular formula is C10H9NO3. The number of nitrogens with zero attached hydrogens (tertiary/aromatic N) is 1. The summed E-state index contributed by atoms with van der Waals surface area (Å²) in [6.07, 6.45) is 3.43. The zero-order chi connectivity index (χ0) is 10.2. The van der Waals surface area contributed by atoms with Crippen molar-refractivity contribution in [1.82, 2.24) is 0 Å². The molecule has 1 unspecified atom stereocenters. The Morgan fingerprint density at radius 1 is 1.43 bits per heavy atom. The average Bonchev–Trinajstić information content (AvgIpc) is 2.18. The van der Waals surface area contributed by atoms with Gasteiger partial charge in [0.25, 0.3) is 0 Å². The van der Waals surface area contributed by atoms with Crippen LogP contribution in [0.1, 0.15) is 17.5 Å². The monoisotopic (exact) mass is 191 g/mol. The van der Waals surface area contributed by atoms with E-state index >= 15 is 0 Å². The van der Waals surface area contributed by atoms with Crippen LogP contribution >= 0.6 is 0 Å². The van der Waals surface area contributed by atoms with Crippen LogP contribution in [0.3, 0.4) is 0 Å². The highest BCUT2D eigenvalue weighted by atomic mass is 16.7. The van der Waals surface area contributed by atoms with E-state index in [-0.39, 0.29) is 6.42 Å². The normalized spacial score (nSPS) is 24.4. The van der Waals surface area contributed by atoms with E-state index in [4.69, 9.17) is 0 Å². The number of hydrogen-bond donors (Lipinski definition) is 1. The van der Waals surface area contributed by atoms with E-state index in [0.29, 0.717) is 11.1 Å². The third-order valence-electron chi connectivity index (χ3n) is 2.39. The third-order valence-corrected chi connectivity index (χ3v) is 2.39. The van der Waals surface area contributed by atoms with E-state index in [0.717, 1.165) is 0 Å². The van der Waals surface area contributed by atoms with E-state index in [1.165, 1.54) is 0 Å². The number of hydrogen-bond acceptors (Lipinski definition) is 3. The van der Waals surface area contributed by atoms with E-state index in [1.54, 1.807) is 36.4 Å². The van der Waals surface area contributed by atoms with Crippen molar-refractivity contribution in [2.45, 2.75) is 12.1 Å². The summed E-state index contributed by atoms with van der Waals surface area (Å²) in [4.78, 5) is 10.1. The lowest BCUT2D eigenvalue weighted by Gasteiger charge is -2.22. The molecule has 0 amide bonds. The van der Waals surface area contributed by atoms with Crippen molar-refractivity contribution in [3.8, 4) is 0 Å². The molecule has 72 valence electrons. The molecule has 0 spiro atoms. The molecule has 1 aliphatic rings. The molecule has 0 radical (unpaired) electrons. The van der Waals surface area contributed by atoms with Crippen molar-refractivity contribution in [2.24, 2.45) is 0 Å². The van der Waals surface area contributed by atoms with Crippen molar-refractivity contribution < 1.29 is 10.0 Å². The van der Waals surface area contributed by atoms with Gasteiger partial charge in [-0.2, -0.15) is 0 Å². The Balaban J connectivity index is 2.61. The van der Waals surface area contributed by atoms with E-state index in [2.05, 4.69) is 0 Å². The maximum Gasteiger partial charge on any atom is 0.353 e. The first kappa shape index (κ1) is 8.90. The Morgan fingerprint density at radius 3 is 2.86 bits per heavy atom. The highest BCUT2D eigenvalue weighted by Crippen LogP contribution is 2.33. The quantitative estimate of drug-likeness (QED) is 0.416. The molecule has 0 saturated heterocycles. The van der Waals surface area contributed by atoms with Gasteiger partial charge < -0.3 is 5.11 Å². The Hall–Kier alpha value is -1.68. The molecule has 1 aromatic carbocycles. The summed E-state index contributed by atoms with van der Waals surface area (Å²) < 4.78 is 0. The first-order valence-corrected chi connectivity index (χ1v) is 4.27. The van der Waals surface area contributed by atoms with Gasteiger partial charge in [0, 0.05) is 0 Å². The van der Waals surface area contributed by atoms with Crippen LogP contribution < -0.4 is 0 Å². The molecular weight excluding hydrogens is 182 g/mol. The second-order valence-electron chi connectivity index (χ2n) is 3.27. The minimum atomic E-state index is -1.95. The Bertz CT molecular complexity index is 414. The first-order valence-electron chi connectivity index (χ1n) is 4.27. The van der Waals surface area contributed by atoms with Gasteiger partial charge in [-0.1, -0.05) is 30.4 Å². The van der Waals surface area contributed by atoms with Crippen molar-refractivity contribution in [1.29, 1.82) is 0 Å². The molecule has 1 atom stereocenters. The minimum Gasteiger partial charge on any atom is -0.326 e. The molecule has 1 aliphatic carbocycles.